The summed E-state index contributed by atoms with van der Waals surface area (Å²) in [6.07, 6.45) is 1.66. The maximum Gasteiger partial charge on any atom is 0.276 e. The number of hydrazine groups is 1. The van der Waals surface area contributed by atoms with Crippen LogP contribution < -0.4 is 25.0 Å². The molecule has 1 aliphatic carbocycles. The van der Waals surface area contributed by atoms with Gasteiger partial charge in [-0.1, -0.05) is 30.3 Å². The van der Waals surface area contributed by atoms with Crippen molar-refractivity contribution in [1.82, 2.24) is 15.6 Å². The van der Waals surface area contributed by atoms with Crippen molar-refractivity contribution in [2.75, 3.05) is 6.61 Å². The normalized spacial score (nSPS) is 13.0. The van der Waals surface area contributed by atoms with Gasteiger partial charge in [0.2, 0.25) is 10.0 Å². The highest BCUT2D eigenvalue weighted by Crippen LogP contribution is 2.22. The third-order valence-electron chi connectivity index (χ3n) is 5.08. The van der Waals surface area contributed by atoms with Gasteiger partial charge in [0.05, 0.1) is 4.90 Å². The summed E-state index contributed by atoms with van der Waals surface area (Å²) in [5.41, 5.74) is 5.79. The van der Waals surface area contributed by atoms with Crippen molar-refractivity contribution >= 4 is 21.8 Å². The first-order valence-corrected chi connectivity index (χ1v) is 12.5. The Kier molecular flexibility index (Phi) is 7.64. The molecule has 0 atom stereocenters. The fraction of sp³-hybridized carbons (Fsp3) is 0.200. The van der Waals surface area contributed by atoms with E-state index in [4.69, 9.17) is 9.47 Å². The predicted octanol–water partition coefficient (Wildman–Crippen LogP) is 2.55. The maximum absolute atomic E-state index is 12.2. The van der Waals surface area contributed by atoms with E-state index in [1.165, 1.54) is 24.3 Å². The van der Waals surface area contributed by atoms with Crippen molar-refractivity contribution < 1.29 is 27.5 Å². The molecule has 0 aromatic heterocycles. The van der Waals surface area contributed by atoms with Crippen LogP contribution in [0, 0.1) is 0 Å². The highest BCUT2D eigenvalue weighted by molar-refractivity contribution is 7.89. The summed E-state index contributed by atoms with van der Waals surface area (Å²) in [6.45, 7) is 0.132. The zero-order valence-corrected chi connectivity index (χ0v) is 19.6. The molecular formula is C25H25N3O6S. The number of rotatable bonds is 10. The maximum atomic E-state index is 12.2. The highest BCUT2D eigenvalue weighted by atomic mass is 32.2. The molecule has 0 saturated heterocycles. The minimum Gasteiger partial charge on any atom is -0.489 e. The summed E-state index contributed by atoms with van der Waals surface area (Å²) in [6, 6.07) is 22.0. The number of amides is 2. The lowest BCUT2D eigenvalue weighted by atomic mass is 10.2. The van der Waals surface area contributed by atoms with Crippen molar-refractivity contribution in [2.24, 2.45) is 0 Å². The molecule has 1 fully saturated rings. The summed E-state index contributed by atoms with van der Waals surface area (Å²) in [4.78, 5) is 24.3. The first-order chi connectivity index (χ1) is 16.9. The van der Waals surface area contributed by atoms with Crippen LogP contribution in [-0.2, 0) is 21.4 Å². The van der Waals surface area contributed by atoms with Crippen LogP contribution in [-0.4, -0.2) is 32.9 Å². The second-order valence-corrected chi connectivity index (χ2v) is 9.67. The van der Waals surface area contributed by atoms with Gasteiger partial charge in [0.1, 0.15) is 18.1 Å². The van der Waals surface area contributed by atoms with E-state index >= 15 is 0 Å². The van der Waals surface area contributed by atoms with E-state index in [1.54, 1.807) is 24.3 Å². The molecule has 0 bridgehead atoms. The molecule has 4 rings (SSSR count). The Hall–Kier alpha value is -3.89. The smallest absolute Gasteiger partial charge is 0.276 e. The molecule has 10 heteroatoms. The van der Waals surface area contributed by atoms with Gasteiger partial charge >= 0.3 is 0 Å². The molecule has 3 aromatic rings. The van der Waals surface area contributed by atoms with E-state index < -0.39 is 21.8 Å². The Labute approximate surface area is 203 Å². The molecule has 0 spiro atoms. The van der Waals surface area contributed by atoms with Gasteiger partial charge in [-0.3, -0.25) is 20.4 Å². The van der Waals surface area contributed by atoms with Crippen LogP contribution in [0.5, 0.6) is 11.5 Å². The van der Waals surface area contributed by atoms with Crippen molar-refractivity contribution in [3.8, 4) is 11.5 Å². The second-order valence-electron chi connectivity index (χ2n) is 7.96. The standard InChI is InChI=1S/C25H25N3O6S/c29-24(17-34-22-12-10-21(11-13-22)33-16-18-4-2-1-3-5-18)26-27-25(30)19-6-14-23(15-7-19)35(31,32)28-20-8-9-20/h1-7,10-15,20,28H,8-9,16-17H2,(H,26,29)(H,27,30). The van der Waals surface area contributed by atoms with E-state index in [0.717, 1.165) is 18.4 Å². The van der Waals surface area contributed by atoms with Crippen LogP contribution in [0.15, 0.2) is 83.8 Å². The van der Waals surface area contributed by atoms with Gasteiger partial charge in [0.25, 0.3) is 11.8 Å². The predicted molar refractivity (Wildman–Crippen MR) is 128 cm³/mol. The topological polar surface area (TPSA) is 123 Å². The van der Waals surface area contributed by atoms with Gasteiger partial charge in [-0.25, -0.2) is 13.1 Å². The Morgan fingerprint density at radius 2 is 1.43 bits per heavy atom. The van der Waals surface area contributed by atoms with E-state index in [9.17, 15) is 18.0 Å². The van der Waals surface area contributed by atoms with Crippen LogP contribution in [0.1, 0.15) is 28.8 Å². The molecule has 0 aliphatic heterocycles. The van der Waals surface area contributed by atoms with Crippen LogP contribution in [0.4, 0.5) is 0 Å². The van der Waals surface area contributed by atoms with E-state index in [-0.39, 0.29) is 23.1 Å². The Balaban J connectivity index is 1.18. The third kappa shape index (κ3) is 7.29. The zero-order valence-electron chi connectivity index (χ0n) is 18.8. The number of benzene rings is 3. The van der Waals surface area contributed by atoms with Crippen LogP contribution >= 0.6 is 0 Å². The lowest BCUT2D eigenvalue weighted by Gasteiger charge is -2.10. The first-order valence-electron chi connectivity index (χ1n) is 11.0. The number of sulfonamides is 1. The number of carbonyl (C=O) groups is 2. The van der Waals surface area contributed by atoms with E-state index in [2.05, 4.69) is 15.6 Å². The largest absolute Gasteiger partial charge is 0.489 e. The molecule has 3 aromatic carbocycles. The zero-order chi connectivity index (χ0) is 24.7. The monoisotopic (exact) mass is 495 g/mol. The summed E-state index contributed by atoms with van der Waals surface area (Å²) in [5, 5.41) is 0. The Bertz CT molecular complexity index is 1260. The molecule has 0 unspecified atom stereocenters. The SMILES string of the molecule is O=C(COc1ccc(OCc2ccccc2)cc1)NNC(=O)c1ccc(S(=O)(=O)NC2CC2)cc1. The minimum absolute atomic E-state index is 0.00804. The molecule has 9 nitrogen and oxygen atoms in total. The molecule has 1 aliphatic rings. The van der Waals surface area contributed by atoms with Gasteiger partial charge < -0.3 is 9.47 Å². The van der Waals surface area contributed by atoms with Gasteiger partial charge in [-0.15, -0.1) is 0 Å². The number of hydrogen-bond acceptors (Lipinski definition) is 6. The lowest BCUT2D eigenvalue weighted by molar-refractivity contribution is -0.123. The van der Waals surface area contributed by atoms with Crippen molar-refractivity contribution in [1.29, 1.82) is 0 Å². The van der Waals surface area contributed by atoms with Crippen molar-refractivity contribution in [3.63, 3.8) is 0 Å². The first kappa shape index (κ1) is 24.2. The van der Waals surface area contributed by atoms with E-state index in [1.807, 2.05) is 30.3 Å². The molecule has 182 valence electrons. The summed E-state index contributed by atoms with van der Waals surface area (Å²) in [5.74, 6) is -0.0110. The number of nitrogens with one attached hydrogen (secondary N) is 3. The Morgan fingerprint density at radius 3 is 2.06 bits per heavy atom. The van der Waals surface area contributed by atoms with Crippen LogP contribution in [0.2, 0.25) is 0 Å². The second kappa shape index (κ2) is 11.0. The number of hydrogen-bond donors (Lipinski definition) is 3. The molecule has 2 amide bonds. The molecule has 3 N–H and O–H groups in total. The quantitative estimate of drug-likeness (QED) is 0.372. The van der Waals surface area contributed by atoms with Gasteiger partial charge in [-0.2, -0.15) is 0 Å². The summed E-state index contributed by atoms with van der Waals surface area (Å²) >= 11 is 0. The average molecular weight is 496 g/mol. The Morgan fingerprint density at radius 1 is 0.800 bits per heavy atom. The fourth-order valence-electron chi connectivity index (χ4n) is 3.03. The minimum atomic E-state index is -3.59. The fourth-order valence-corrected chi connectivity index (χ4v) is 4.34. The van der Waals surface area contributed by atoms with Gasteiger partial charge in [-0.05, 0) is 66.9 Å². The van der Waals surface area contributed by atoms with Crippen molar-refractivity contribution in [3.05, 3.63) is 90.0 Å². The van der Waals surface area contributed by atoms with Gasteiger partial charge in [0.15, 0.2) is 6.61 Å². The molecule has 0 radical (unpaired) electrons. The lowest BCUT2D eigenvalue weighted by Crippen LogP contribution is -2.43. The van der Waals surface area contributed by atoms with Crippen LogP contribution in [0.25, 0.3) is 0 Å². The molecular weight excluding hydrogens is 470 g/mol. The molecule has 35 heavy (non-hydrogen) atoms. The number of ether oxygens (including phenoxy) is 2. The van der Waals surface area contributed by atoms with Crippen LogP contribution in [0.3, 0.4) is 0 Å². The van der Waals surface area contributed by atoms with Crippen molar-refractivity contribution in [2.45, 2.75) is 30.4 Å². The average Bonchev–Trinajstić information content (AvgIpc) is 3.69. The van der Waals surface area contributed by atoms with Gasteiger partial charge in [0, 0.05) is 11.6 Å². The van der Waals surface area contributed by atoms with E-state index in [0.29, 0.717) is 18.1 Å². The third-order valence-corrected chi connectivity index (χ3v) is 6.62. The molecule has 0 heterocycles. The number of carbonyl (C=O) groups excluding carboxylic acids is 2. The summed E-state index contributed by atoms with van der Waals surface area (Å²) in [7, 11) is -3.59. The molecule has 1 saturated carbocycles. The summed E-state index contributed by atoms with van der Waals surface area (Å²) < 4.78 is 38.1. The highest BCUT2D eigenvalue weighted by Gasteiger charge is 2.28.